The lowest BCUT2D eigenvalue weighted by Crippen LogP contribution is -2.12. The number of aromatic nitrogens is 1. The summed E-state index contributed by atoms with van der Waals surface area (Å²) in [6.45, 7) is 2.26. The second kappa shape index (κ2) is 3.66. The monoisotopic (exact) mass is 196 g/mol. The van der Waals surface area contributed by atoms with Crippen molar-refractivity contribution >= 4 is 16.5 Å². The van der Waals surface area contributed by atoms with Crippen molar-refractivity contribution in [2.75, 3.05) is 5.73 Å². The molecule has 0 fully saturated rings. The fourth-order valence-corrected chi connectivity index (χ4v) is 3.11. The third kappa shape index (κ3) is 1.85. The highest BCUT2D eigenvalue weighted by molar-refractivity contribution is 7.15. The van der Waals surface area contributed by atoms with Gasteiger partial charge >= 0.3 is 0 Å². The molecule has 0 radical (unpaired) electrons. The Bertz CT molecular complexity index is 293. The van der Waals surface area contributed by atoms with E-state index in [1.54, 1.807) is 11.3 Å². The first kappa shape index (κ1) is 9.00. The molecule has 0 aromatic carbocycles. The molecule has 0 saturated carbocycles. The van der Waals surface area contributed by atoms with Gasteiger partial charge in [-0.2, -0.15) is 0 Å². The molecule has 3 heteroatoms. The Hall–Kier alpha value is -0.570. The molecule has 0 saturated heterocycles. The van der Waals surface area contributed by atoms with Gasteiger partial charge < -0.3 is 5.73 Å². The van der Waals surface area contributed by atoms with Crippen LogP contribution in [0.2, 0.25) is 0 Å². The van der Waals surface area contributed by atoms with E-state index in [0.29, 0.717) is 0 Å². The van der Waals surface area contributed by atoms with Crippen molar-refractivity contribution in [3.63, 3.8) is 0 Å². The number of nitrogens with two attached hydrogens (primary N) is 1. The first-order valence-corrected chi connectivity index (χ1v) is 5.85. The molecule has 1 heterocycles. The molecule has 2 rings (SSSR count). The average Bonchev–Trinajstić information content (AvgIpc) is 2.44. The van der Waals surface area contributed by atoms with Crippen LogP contribution in [-0.4, -0.2) is 4.98 Å². The predicted molar refractivity (Wildman–Crippen MR) is 56.9 cm³/mol. The summed E-state index contributed by atoms with van der Waals surface area (Å²) in [6, 6.07) is 0. The van der Waals surface area contributed by atoms with E-state index in [1.807, 2.05) is 0 Å². The zero-order chi connectivity index (χ0) is 9.26. The fourth-order valence-electron chi connectivity index (χ4n) is 2.12. The summed E-state index contributed by atoms with van der Waals surface area (Å²) in [5.41, 5.74) is 6.96. The van der Waals surface area contributed by atoms with E-state index >= 15 is 0 Å². The van der Waals surface area contributed by atoms with E-state index in [0.717, 1.165) is 17.5 Å². The normalized spacial score (nSPS) is 21.5. The molecule has 0 bridgehead atoms. The van der Waals surface area contributed by atoms with E-state index < -0.39 is 0 Å². The number of thiazole rings is 1. The molecule has 1 aromatic rings. The maximum absolute atomic E-state index is 5.69. The standard InChI is InChI=1S/C10H16N2S/c1-2-3-7-4-5-8-9(6-7)13-10(11)12-8/h7H,2-6H2,1H3,(H2,11,12). The Labute approximate surface area is 83.2 Å². The molecule has 0 spiro atoms. The number of nitrogens with zero attached hydrogens (tertiary/aromatic N) is 1. The maximum Gasteiger partial charge on any atom is 0.180 e. The third-order valence-corrected chi connectivity index (χ3v) is 3.70. The summed E-state index contributed by atoms with van der Waals surface area (Å²) in [5.74, 6) is 0.886. The summed E-state index contributed by atoms with van der Waals surface area (Å²) in [6.07, 6.45) is 6.33. The topological polar surface area (TPSA) is 38.9 Å². The predicted octanol–water partition coefficient (Wildman–Crippen LogP) is 2.63. The molecule has 1 atom stereocenters. The minimum atomic E-state index is 0.752. The van der Waals surface area contributed by atoms with Gasteiger partial charge in [-0.3, -0.25) is 0 Å². The smallest absolute Gasteiger partial charge is 0.180 e. The Morgan fingerprint density at radius 3 is 3.23 bits per heavy atom. The molecule has 2 nitrogen and oxygen atoms in total. The van der Waals surface area contributed by atoms with Gasteiger partial charge in [0.05, 0.1) is 5.69 Å². The van der Waals surface area contributed by atoms with Crippen LogP contribution in [0.1, 0.15) is 36.8 Å². The number of rotatable bonds is 2. The fraction of sp³-hybridized carbons (Fsp3) is 0.700. The third-order valence-electron chi connectivity index (χ3n) is 2.76. The van der Waals surface area contributed by atoms with Crippen LogP contribution in [-0.2, 0) is 12.8 Å². The number of nitrogen functional groups attached to an aromatic ring is 1. The van der Waals surface area contributed by atoms with Crippen LogP contribution >= 0.6 is 11.3 Å². The lowest BCUT2D eigenvalue weighted by atomic mass is 9.88. The van der Waals surface area contributed by atoms with Crippen LogP contribution in [0.15, 0.2) is 0 Å². The summed E-state index contributed by atoms with van der Waals surface area (Å²) in [5, 5.41) is 0.752. The van der Waals surface area contributed by atoms with E-state index in [1.165, 1.54) is 36.3 Å². The molecule has 1 aromatic heterocycles. The van der Waals surface area contributed by atoms with Gasteiger partial charge in [0, 0.05) is 4.88 Å². The molecule has 0 amide bonds. The van der Waals surface area contributed by atoms with Crippen LogP contribution in [0.25, 0.3) is 0 Å². The molecular formula is C10H16N2S. The molecule has 2 N–H and O–H groups in total. The lowest BCUT2D eigenvalue weighted by Gasteiger charge is -2.19. The molecule has 1 aliphatic rings. The Morgan fingerprint density at radius 1 is 1.62 bits per heavy atom. The second-order valence-electron chi connectivity index (χ2n) is 3.82. The number of hydrogen-bond donors (Lipinski definition) is 1. The molecule has 1 aliphatic carbocycles. The van der Waals surface area contributed by atoms with Crippen LogP contribution in [0.3, 0.4) is 0 Å². The Kier molecular flexibility index (Phi) is 2.54. The lowest BCUT2D eigenvalue weighted by molar-refractivity contribution is 0.424. The van der Waals surface area contributed by atoms with Crippen molar-refractivity contribution in [3.05, 3.63) is 10.6 Å². The minimum absolute atomic E-state index is 0.752. The van der Waals surface area contributed by atoms with Crippen molar-refractivity contribution in [1.29, 1.82) is 0 Å². The number of anilines is 1. The van der Waals surface area contributed by atoms with E-state index in [2.05, 4.69) is 11.9 Å². The van der Waals surface area contributed by atoms with E-state index in [9.17, 15) is 0 Å². The van der Waals surface area contributed by atoms with Gasteiger partial charge in [0.25, 0.3) is 0 Å². The van der Waals surface area contributed by atoms with Crippen molar-refractivity contribution in [3.8, 4) is 0 Å². The van der Waals surface area contributed by atoms with Crippen molar-refractivity contribution < 1.29 is 0 Å². The highest BCUT2D eigenvalue weighted by Gasteiger charge is 2.20. The van der Waals surface area contributed by atoms with Crippen LogP contribution in [0.5, 0.6) is 0 Å². The van der Waals surface area contributed by atoms with Crippen LogP contribution in [0.4, 0.5) is 5.13 Å². The first-order chi connectivity index (χ1) is 6.29. The van der Waals surface area contributed by atoms with Gasteiger partial charge in [0.1, 0.15) is 0 Å². The van der Waals surface area contributed by atoms with Gasteiger partial charge in [-0.1, -0.05) is 19.8 Å². The molecule has 0 aliphatic heterocycles. The van der Waals surface area contributed by atoms with Crippen molar-refractivity contribution in [2.45, 2.75) is 39.0 Å². The van der Waals surface area contributed by atoms with Gasteiger partial charge in [0.2, 0.25) is 0 Å². The maximum atomic E-state index is 5.69. The number of fused-ring (bicyclic) bond motifs is 1. The molecule has 1 unspecified atom stereocenters. The van der Waals surface area contributed by atoms with Gasteiger partial charge in [-0.25, -0.2) is 4.98 Å². The molecule has 72 valence electrons. The van der Waals surface area contributed by atoms with Gasteiger partial charge in [-0.15, -0.1) is 11.3 Å². The highest BCUT2D eigenvalue weighted by Crippen LogP contribution is 2.32. The zero-order valence-electron chi connectivity index (χ0n) is 8.05. The van der Waals surface area contributed by atoms with E-state index in [4.69, 9.17) is 5.73 Å². The summed E-state index contributed by atoms with van der Waals surface area (Å²) >= 11 is 1.69. The average molecular weight is 196 g/mol. The number of hydrogen-bond acceptors (Lipinski definition) is 3. The van der Waals surface area contributed by atoms with Crippen LogP contribution < -0.4 is 5.73 Å². The number of aryl methyl sites for hydroxylation is 1. The largest absolute Gasteiger partial charge is 0.375 e. The minimum Gasteiger partial charge on any atom is -0.375 e. The summed E-state index contributed by atoms with van der Waals surface area (Å²) in [7, 11) is 0. The van der Waals surface area contributed by atoms with Crippen LogP contribution in [0, 0.1) is 5.92 Å². The van der Waals surface area contributed by atoms with Crippen molar-refractivity contribution in [2.24, 2.45) is 5.92 Å². The zero-order valence-corrected chi connectivity index (χ0v) is 8.86. The first-order valence-electron chi connectivity index (χ1n) is 5.03. The Morgan fingerprint density at radius 2 is 2.46 bits per heavy atom. The van der Waals surface area contributed by atoms with Gasteiger partial charge in [-0.05, 0) is 25.2 Å². The second-order valence-corrected chi connectivity index (χ2v) is 4.93. The summed E-state index contributed by atoms with van der Waals surface area (Å²) in [4.78, 5) is 5.79. The quantitative estimate of drug-likeness (QED) is 0.789. The highest BCUT2D eigenvalue weighted by atomic mass is 32.1. The molecule has 13 heavy (non-hydrogen) atoms. The molecular weight excluding hydrogens is 180 g/mol. The van der Waals surface area contributed by atoms with Crippen molar-refractivity contribution in [1.82, 2.24) is 4.98 Å². The summed E-state index contributed by atoms with van der Waals surface area (Å²) < 4.78 is 0. The SMILES string of the molecule is CCCC1CCc2nc(N)sc2C1. The Balaban J connectivity index is 2.10. The van der Waals surface area contributed by atoms with E-state index in [-0.39, 0.29) is 0 Å². The van der Waals surface area contributed by atoms with Gasteiger partial charge in [0.15, 0.2) is 5.13 Å².